The molecule has 2 rings (SSSR count). The van der Waals surface area contributed by atoms with Crippen LogP contribution in [0.2, 0.25) is 0 Å². The van der Waals surface area contributed by atoms with Gasteiger partial charge in [0.25, 0.3) is 11.6 Å². The van der Waals surface area contributed by atoms with Crippen LogP contribution in [0, 0.1) is 24.0 Å². The molecule has 0 atom stereocenters. The maximum Gasteiger partial charge on any atom is 0.273 e. The van der Waals surface area contributed by atoms with Gasteiger partial charge in [-0.15, -0.1) is 0 Å². The van der Waals surface area contributed by atoms with Crippen molar-refractivity contribution >= 4 is 17.8 Å². The molecule has 108 valence electrons. The molecule has 0 saturated carbocycles. The Morgan fingerprint density at radius 1 is 1.33 bits per heavy atom. The molecule has 0 aliphatic heterocycles. The summed E-state index contributed by atoms with van der Waals surface area (Å²) < 4.78 is 5.25. The van der Waals surface area contributed by atoms with E-state index >= 15 is 0 Å². The highest BCUT2D eigenvalue weighted by Gasteiger charge is 2.14. The number of furan rings is 1. The van der Waals surface area contributed by atoms with Gasteiger partial charge in [0.05, 0.1) is 11.1 Å². The molecule has 0 unspecified atom stereocenters. The number of nitrogens with zero attached hydrogens (tertiary/aromatic N) is 2. The predicted molar refractivity (Wildman–Crippen MR) is 76.3 cm³/mol. The van der Waals surface area contributed by atoms with E-state index in [0.29, 0.717) is 11.3 Å². The summed E-state index contributed by atoms with van der Waals surface area (Å²) in [5, 5.41) is 14.6. The van der Waals surface area contributed by atoms with Crippen molar-refractivity contribution in [2.75, 3.05) is 0 Å². The molecule has 0 aliphatic carbocycles. The van der Waals surface area contributed by atoms with Gasteiger partial charge in [0.1, 0.15) is 11.5 Å². The minimum atomic E-state index is -0.530. The van der Waals surface area contributed by atoms with Crippen LogP contribution in [0.5, 0.6) is 0 Å². The summed E-state index contributed by atoms with van der Waals surface area (Å²) in [5.41, 5.74) is 2.85. The lowest BCUT2D eigenvalue weighted by molar-refractivity contribution is -0.385. The minimum absolute atomic E-state index is 0.103. The van der Waals surface area contributed by atoms with Crippen molar-refractivity contribution in [3.05, 3.63) is 63.1 Å². The normalized spacial score (nSPS) is 10.8. The Bertz CT molecular complexity index is 719. The van der Waals surface area contributed by atoms with Crippen LogP contribution in [0.4, 0.5) is 5.69 Å². The number of amides is 1. The van der Waals surface area contributed by atoms with Crippen molar-refractivity contribution in [1.82, 2.24) is 5.43 Å². The van der Waals surface area contributed by atoms with Crippen LogP contribution in [0.1, 0.15) is 27.4 Å². The van der Waals surface area contributed by atoms with Gasteiger partial charge in [-0.1, -0.05) is 6.07 Å². The average molecular weight is 287 g/mol. The van der Waals surface area contributed by atoms with Gasteiger partial charge in [-0.05, 0) is 32.0 Å². The standard InChI is InChI=1S/C14H13N3O4/c1-9-3-5-11(7-13(9)17(19)20)14(18)16-15-8-12-6-4-10(2)21-12/h3-8H,1-2H3,(H,16,18)/b15-8+. The summed E-state index contributed by atoms with van der Waals surface area (Å²) in [6, 6.07) is 7.72. The second-order valence-electron chi connectivity index (χ2n) is 4.41. The quantitative estimate of drug-likeness (QED) is 0.530. The fourth-order valence-corrected chi connectivity index (χ4v) is 1.69. The first-order valence-corrected chi connectivity index (χ1v) is 6.12. The number of rotatable bonds is 4. The first-order chi connectivity index (χ1) is 9.97. The highest BCUT2D eigenvalue weighted by molar-refractivity contribution is 5.95. The number of hydrazone groups is 1. The number of aryl methyl sites for hydroxylation is 2. The van der Waals surface area contributed by atoms with Crippen LogP contribution in [0.15, 0.2) is 39.9 Å². The molecule has 1 heterocycles. The van der Waals surface area contributed by atoms with Crippen molar-refractivity contribution < 1.29 is 14.1 Å². The third-order valence-corrected chi connectivity index (χ3v) is 2.79. The van der Waals surface area contributed by atoms with E-state index in [1.54, 1.807) is 26.0 Å². The fraction of sp³-hybridized carbons (Fsp3) is 0.143. The third-order valence-electron chi connectivity index (χ3n) is 2.79. The van der Waals surface area contributed by atoms with Gasteiger partial charge in [-0.2, -0.15) is 5.10 Å². The van der Waals surface area contributed by atoms with Gasteiger partial charge in [0.2, 0.25) is 0 Å². The van der Waals surface area contributed by atoms with Crippen molar-refractivity contribution in [2.24, 2.45) is 5.10 Å². The van der Waals surface area contributed by atoms with Crippen molar-refractivity contribution in [3.63, 3.8) is 0 Å². The molecule has 0 fully saturated rings. The molecule has 21 heavy (non-hydrogen) atoms. The maximum absolute atomic E-state index is 11.8. The van der Waals surface area contributed by atoms with E-state index < -0.39 is 10.8 Å². The Labute approximate surface area is 120 Å². The first kappa shape index (κ1) is 14.4. The summed E-state index contributed by atoms with van der Waals surface area (Å²) >= 11 is 0. The van der Waals surface area contributed by atoms with Crippen LogP contribution in [0.25, 0.3) is 0 Å². The van der Waals surface area contributed by atoms with Crippen LogP contribution in [-0.2, 0) is 0 Å². The van der Waals surface area contributed by atoms with Crippen LogP contribution >= 0.6 is 0 Å². The smallest absolute Gasteiger partial charge is 0.273 e. The Hall–Kier alpha value is -2.96. The van der Waals surface area contributed by atoms with Crippen molar-refractivity contribution in [3.8, 4) is 0 Å². The molecule has 0 spiro atoms. The summed E-state index contributed by atoms with van der Waals surface area (Å²) in [7, 11) is 0. The van der Waals surface area contributed by atoms with Gasteiger partial charge in [-0.3, -0.25) is 14.9 Å². The maximum atomic E-state index is 11.8. The number of hydrogen-bond acceptors (Lipinski definition) is 5. The topological polar surface area (TPSA) is 97.7 Å². The van der Waals surface area contributed by atoms with E-state index in [0.717, 1.165) is 5.76 Å². The largest absolute Gasteiger partial charge is 0.460 e. The van der Waals surface area contributed by atoms with Crippen LogP contribution in [0.3, 0.4) is 0 Å². The Kier molecular flexibility index (Phi) is 4.13. The number of nitro benzene ring substituents is 1. The van der Waals surface area contributed by atoms with Gasteiger partial charge in [0, 0.05) is 17.2 Å². The molecule has 1 aromatic heterocycles. The average Bonchev–Trinajstić information content (AvgIpc) is 2.84. The first-order valence-electron chi connectivity index (χ1n) is 6.12. The summed E-state index contributed by atoms with van der Waals surface area (Å²) in [6.45, 7) is 3.40. The van der Waals surface area contributed by atoms with Gasteiger partial charge >= 0.3 is 0 Å². The zero-order valence-electron chi connectivity index (χ0n) is 11.5. The Morgan fingerprint density at radius 2 is 2.10 bits per heavy atom. The highest BCUT2D eigenvalue weighted by atomic mass is 16.6. The molecule has 0 saturated heterocycles. The molecule has 7 heteroatoms. The van der Waals surface area contributed by atoms with E-state index in [1.807, 2.05) is 0 Å². The Morgan fingerprint density at radius 3 is 2.71 bits per heavy atom. The number of hydrogen-bond donors (Lipinski definition) is 1. The molecule has 1 aromatic carbocycles. The summed E-state index contributed by atoms with van der Waals surface area (Å²) in [5.74, 6) is 0.706. The van der Waals surface area contributed by atoms with Crippen molar-refractivity contribution in [2.45, 2.75) is 13.8 Å². The zero-order chi connectivity index (χ0) is 15.4. The number of nitrogens with one attached hydrogen (secondary N) is 1. The molecule has 0 bridgehead atoms. The molecule has 0 aliphatic rings. The van der Waals surface area contributed by atoms with E-state index in [9.17, 15) is 14.9 Å². The number of carbonyl (C=O) groups is 1. The van der Waals surface area contributed by atoms with E-state index in [4.69, 9.17) is 4.42 Å². The number of nitro groups is 1. The summed E-state index contributed by atoms with van der Waals surface area (Å²) in [6.07, 6.45) is 1.35. The second-order valence-corrected chi connectivity index (χ2v) is 4.41. The monoisotopic (exact) mass is 287 g/mol. The van der Waals surface area contributed by atoms with Crippen molar-refractivity contribution in [1.29, 1.82) is 0 Å². The third kappa shape index (κ3) is 3.53. The van der Waals surface area contributed by atoms with E-state index in [1.165, 1.54) is 24.4 Å². The lowest BCUT2D eigenvalue weighted by Crippen LogP contribution is -2.17. The summed E-state index contributed by atoms with van der Waals surface area (Å²) in [4.78, 5) is 22.2. The van der Waals surface area contributed by atoms with Gasteiger partial charge in [0.15, 0.2) is 0 Å². The van der Waals surface area contributed by atoms with Gasteiger partial charge in [-0.25, -0.2) is 5.43 Å². The minimum Gasteiger partial charge on any atom is -0.460 e. The van der Waals surface area contributed by atoms with E-state index in [2.05, 4.69) is 10.5 Å². The molecule has 2 aromatic rings. The highest BCUT2D eigenvalue weighted by Crippen LogP contribution is 2.19. The molecule has 1 amide bonds. The second kappa shape index (κ2) is 6.00. The number of benzene rings is 1. The molecule has 1 N–H and O–H groups in total. The lowest BCUT2D eigenvalue weighted by atomic mass is 10.1. The zero-order valence-corrected chi connectivity index (χ0v) is 11.5. The molecular weight excluding hydrogens is 274 g/mol. The molecular formula is C14H13N3O4. The Balaban J connectivity index is 2.08. The van der Waals surface area contributed by atoms with Crippen LogP contribution in [-0.4, -0.2) is 17.0 Å². The van der Waals surface area contributed by atoms with Gasteiger partial charge < -0.3 is 4.42 Å². The van der Waals surface area contributed by atoms with E-state index in [-0.39, 0.29) is 11.3 Å². The SMILES string of the molecule is Cc1ccc(/C=N/NC(=O)c2ccc(C)c([N+](=O)[O-])c2)o1. The number of carbonyl (C=O) groups excluding carboxylic acids is 1. The molecule has 7 nitrogen and oxygen atoms in total. The molecule has 0 radical (unpaired) electrons. The van der Waals surface area contributed by atoms with Crippen LogP contribution < -0.4 is 5.43 Å². The lowest BCUT2D eigenvalue weighted by Gasteiger charge is -2.01. The fourth-order valence-electron chi connectivity index (χ4n) is 1.69. The predicted octanol–water partition coefficient (Wildman–Crippen LogP) is 2.57.